The third-order valence-electron chi connectivity index (χ3n) is 5.14. The molecular formula is C19H23N5O. The lowest BCUT2D eigenvalue weighted by Crippen LogP contribution is -2.23. The van der Waals surface area contributed by atoms with Crippen LogP contribution >= 0.6 is 0 Å². The summed E-state index contributed by atoms with van der Waals surface area (Å²) >= 11 is 0. The van der Waals surface area contributed by atoms with E-state index < -0.39 is 0 Å². The van der Waals surface area contributed by atoms with Crippen molar-refractivity contribution in [3.05, 3.63) is 47.4 Å². The zero-order chi connectivity index (χ0) is 17.6. The van der Waals surface area contributed by atoms with Crippen molar-refractivity contribution in [3.63, 3.8) is 0 Å². The van der Waals surface area contributed by atoms with E-state index in [1.54, 1.807) is 11.8 Å². The van der Waals surface area contributed by atoms with Crippen LogP contribution in [-0.2, 0) is 11.8 Å². The highest BCUT2D eigenvalue weighted by Crippen LogP contribution is 2.37. The first-order valence-electron chi connectivity index (χ1n) is 8.57. The number of ether oxygens (including phenoxy) is 1. The quantitative estimate of drug-likeness (QED) is 0.735. The Hall–Kier alpha value is -2.47. The summed E-state index contributed by atoms with van der Waals surface area (Å²) in [6.45, 7) is 5.94. The van der Waals surface area contributed by atoms with Gasteiger partial charge in [0.25, 0.3) is 0 Å². The molecule has 3 aromatic rings. The summed E-state index contributed by atoms with van der Waals surface area (Å²) in [7, 11) is 3.67. The maximum Gasteiger partial charge on any atom is 0.0902 e. The summed E-state index contributed by atoms with van der Waals surface area (Å²) in [6.07, 6.45) is 4.06. The number of pyridine rings is 1. The molecule has 130 valence electrons. The van der Waals surface area contributed by atoms with Crippen LogP contribution in [0.15, 0.2) is 30.6 Å². The summed E-state index contributed by atoms with van der Waals surface area (Å²) in [6, 6.07) is 6.38. The number of aromatic nitrogens is 4. The molecule has 0 unspecified atom stereocenters. The second kappa shape index (κ2) is 6.11. The molecular weight excluding hydrogens is 314 g/mol. The highest BCUT2D eigenvalue weighted by molar-refractivity contribution is 5.95. The first kappa shape index (κ1) is 16.0. The van der Waals surface area contributed by atoms with E-state index >= 15 is 0 Å². The first-order chi connectivity index (χ1) is 12.1. The van der Waals surface area contributed by atoms with Crippen LogP contribution in [0.1, 0.15) is 22.7 Å². The van der Waals surface area contributed by atoms with Crippen LogP contribution in [-0.4, -0.2) is 46.3 Å². The second-order valence-corrected chi connectivity index (χ2v) is 6.86. The molecule has 0 spiro atoms. The smallest absolute Gasteiger partial charge is 0.0902 e. The molecule has 6 heteroatoms. The first-order valence-corrected chi connectivity index (χ1v) is 8.57. The molecule has 2 aromatic heterocycles. The topological polar surface area (TPSA) is 56.1 Å². The van der Waals surface area contributed by atoms with Gasteiger partial charge in [0.1, 0.15) is 0 Å². The van der Waals surface area contributed by atoms with E-state index in [9.17, 15) is 0 Å². The lowest BCUT2D eigenvalue weighted by molar-refractivity contribution is 0.106. The Labute approximate surface area is 147 Å². The molecule has 0 saturated carbocycles. The monoisotopic (exact) mass is 337 g/mol. The van der Waals surface area contributed by atoms with Gasteiger partial charge < -0.3 is 9.64 Å². The van der Waals surface area contributed by atoms with Gasteiger partial charge in [0, 0.05) is 45.0 Å². The highest BCUT2D eigenvalue weighted by atomic mass is 16.5. The maximum absolute atomic E-state index is 5.78. The number of hydrogen-bond acceptors (Lipinski definition) is 5. The predicted molar refractivity (Wildman–Crippen MR) is 98.0 cm³/mol. The number of aryl methyl sites for hydroxylation is 3. The molecule has 2 atom stereocenters. The molecule has 6 nitrogen and oxygen atoms in total. The van der Waals surface area contributed by atoms with Crippen LogP contribution in [0.4, 0.5) is 5.69 Å². The molecule has 0 radical (unpaired) electrons. The number of nitrogens with zero attached hydrogens (tertiary/aromatic N) is 5. The van der Waals surface area contributed by atoms with Crippen molar-refractivity contribution in [2.24, 2.45) is 7.05 Å². The van der Waals surface area contributed by atoms with Crippen LogP contribution in [0.3, 0.4) is 0 Å². The number of anilines is 1. The van der Waals surface area contributed by atoms with Crippen molar-refractivity contribution in [1.29, 1.82) is 0 Å². The highest BCUT2D eigenvalue weighted by Gasteiger charge is 2.37. The Morgan fingerprint density at radius 1 is 1.16 bits per heavy atom. The molecule has 1 saturated heterocycles. The van der Waals surface area contributed by atoms with Gasteiger partial charge in [-0.1, -0.05) is 23.4 Å². The summed E-state index contributed by atoms with van der Waals surface area (Å²) in [5, 5.41) is 9.61. The Morgan fingerprint density at radius 3 is 2.72 bits per heavy atom. The van der Waals surface area contributed by atoms with Gasteiger partial charge >= 0.3 is 0 Å². The van der Waals surface area contributed by atoms with Gasteiger partial charge in [0.15, 0.2) is 0 Å². The zero-order valence-electron chi connectivity index (χ0n) is 15.1. The number of rotatable bonds is 3. The SMILES string of the molecule is CO[C@@H]1CN(c2c(C)cnc3c(C)cccc23)C[C@H]1c1cn(C)nn1. The van der Waals surface area contributed by atoms with Crippen LogP contribution in [0.25, 0.3) is 10.9 Å². The molecule has 0 aliphatic carbocycles. The minimum absolute atomic E-state index is 0.101. The molecule has 1 aliphatic heterocycles. The third kappa shape index (κ3) is 2.66. The summed E-state index contributed by atoms with van der Waals surface area (Å²) in [5.74, 6) is 0.214. The van der Waals surface area contributed by atoms with E-state index in [4.69, 9.17) is 4.74 Å². The molecule has 25 heavy (non-hydrogen) atoms. The normalized spacial score (nSPS) is 20.6. The number of para-hydroxylation sites is 1. The minimum atomic E-state index is 0.101. The van der Waals surface area contributed by atoms with Crippen molar-refractivity contribution in [1.82, 2.24) is 20.0 Å². The Kier molecular flexibility index (Phi) is 3.92. The summed E-state index contributed by atoms with van der Waals surface area (Å²) < 4.78 is 7.53. The van der Waals surface area contributed by atoms with Gasteiger partial charge in [-0.3, -0.25) is 9.67 Å². The van der Waals surface area contributed by atoms with Gasteiger partial charge in [-0.05, 0) is 25.0 Å². The van der Waals surface area contributed by atoms with Crippen LogP contribution in [0.2, 0.25) is 0 Å². The number of fused-ring (bicyclic) bond motifs is 1. The Balaban J connectivity index is 1.77. The standard InChI is InChI=1S/C19H23N5O/c1-12-6-5-7-14-18(12)20-8-13(2)19(14)24-9-15(17(11-24)25-4)16-10-23(3)22-21-16/h5-8,10,15,17H,9,11H2,1-4H3/t15-,17+/m0/s1. The van der Waals surface area contributed by atoms with Crippen LogP contribution < -0.4 is 4.90 Å². The Morgan fingerprint density at radius 2 is 2.00 bits per heavy atom. The fourth-order valence-corrected chi connectivity index (χ4v) is 3.89. The molecule has 3 heterocycles. The molecule has 1 fully saturated rings. The van der Waals surface area contributed by atoms with Gasteiger partial charge in [0.05, 0.1) is 28.9 Å². The Bertz CT molecular complexity index is 919. The van der Waals surface area contributed by atoms with E-state index in [0.717, 1.165) is 24.3 Å². The van der Waals surface area contributed by atoms with E-state index in [1.807, 2.05) is 19.4 Å². The lowest BCUT2D eigenvalue weighted by atomic mass is 10.0. The van der Waals surface area contributed by atoms with E-state index in [0.29, 0.717) is 0 Å². The van der Waals surface area contributed by atoms with E-state index in [-0.39, 0.29) is 12.0 Å². The van der Waals surface area contributed by atoms with Gasteiger partial charge in [-0.2, -0.15) is 0 Å². The number of benzene rings is 1. The molecule has 1 aromatic carbocycles. The average Bonchev–Trinajstić information content (AvgIpc) is 3.20. The van der Waals surface area contributed by atoms with E-state index in [1.165, 1.54) is 22.2 Å². The molecule has 1 aliphatic rings. The minimum Gasteiger partial charge on any atom is -0.379 e. The molecule has 4 rings (SSSR count). The molecule has 0 bridgehead atoms. The predicted octanol–water partition coefficient (Wildman–Crippen LogP) is 2.60. The van der Waals surface area contributed by atoms with Crippen molar-refractivity contribution in [2.75, 3.05) is 25.1 Å². The van der Waals surface area contributed by atoms with Crippen molar-refractivity contribution >= 4 is 16.6 Å². The largest absolute Gasteiger partial charge is 0.379 e. The van der Waals surface area contributed by atoms with Crippen molar-refractivity contribution < 1.29 is 4.74 Å². The van der Waals surface area contributed by atoms with Gasteiger partial charge in [-0.25, -0.2) is 0 Å². The molecule has 0 N–H and O–H groups in total. The van der Waals surface area contributed by atoms with Crippen LogP contribution in [0, 0.1) is 13.8 Å². The number of methoxy groups -OCH3 is 1. The third-order valence-corrected chi connectivity index (χ3v) is 5.14. The maximum atomic E-state index is 5.78. The van der Waals surface area contributed by atoms with E-state index in [2.05, 4.69) is 52.2 Å². The van der Waals surface area contributed by atoms with Crippen molar-refractivity contribution in [2.45, 2.75) is 25.9 Å². The number of hydrogen-bond donors (Lipinski definition) is 0. The van der Waals surface area contributed by atoms with Crippen molar-refractivity contribution in [3.8, 4) is 0 Å². The summed E-state index contributed by atoms with van der Waals surface area (Å²) in [4.78, 5) is 7.06. The summed E-state index contributed by atoms with van der Waals surface area (Å²) in [5.41, 5.74) is 5.70. The lowest BCUT2D eigenvalue weighted by Gasteiger charge is -2.23. The van der Waals surface area contributed by atoms with Gasteiger partial charge in [-0.15, -0.1) is 5.10 Å². The van der Waals surface area contributed by atoms with Crippen LogP contribution in [0.5, 0.6) is 0 Å². The second-order valence-electron chi connectivity index (χ2n) is 6.86. The molecule has 0 amide bonds. The average molecular weight is 337 g/mol. The van der Waals surface area contributed by atoms with Gasteiger partial charge in [0.2, 0.25) is 0 Å². The fraction of sp³-hybridized carbons (Fsp3) is 0.421. The zero-order valence-corrected chi connectivity index (χ0v) is 15.1. The fourth-order valence-electron chi connectivity index (χ4n) is 3.89.